The highest BCUT2D eigenvalue weighted by atomic mass is 16.5. The zero-order valence-electron chi connectivity index (χ0n) is 9.58. The first-order valence-electron chi connectivity index (χ1n) is 5.15. The molecule has 1 heterocycles. The summed E-state index contributed by atoms with van der Waals surface area (Å²) in [5.74, 6) is 1.13. The molecule has 0 amide bonds. The quantitative estimate of drug-likeness (QED) is 0.724. The topological polar surface area (TPSA) is 50.8 Å². The Morgan fingerprint density at radius 2 is 2.29 bits per heavy atom. The van der Waals surface area contributed by atoms with Crippen molar-refractivity contribution in [2.45, 2.75) is 26.3 Å². The zero-order valence-corrected chi connectivity index (χ0v) is 9.58. The third kappa shape index (κ3) is 1.59. The van der Waals surface area contributed by atoms with Gasteiger partial charge in [-0.15, -0.1) is 0 Å². The van der Waals surface area contributed by atoms with Crippen molar-refractivity contribution in [2.75, 3.05) is 26.8 Å². The van der Waals surface area contributed by atoms with E-state index in [1.165, 1.54) is 0 Å². The van der Waals surface area contributed by atoms with Crippen molar-refractivity contribution in [1.29, 1.82) is 0 Å². The number of likely N-dealkylation sites (N-methyl/N-ethyl adjacent to an activating group) is 1. The van der Waals surface area contributed by atoms with Gasteiger partial charge in [0.05, 0.1) is 18.7 Å². The van der Waals surface area contributed by atoms with Crippen molar-refractivity contribution in [3.05, 3.63) is 0 Å². The Balaban J connectivity index is 2.89. The van der Waals surface area contributed by atoms with Crippen molar-refractivity contribution in [3.63, 3.8) is 0 Å². The van der Waals surface area contributed by atoms with Crippen LogP contribution in [0.3, 0.4) is 0 Å². The van der Waals surface area contributed by atoms with Crippen molar-refractivity contribution < 1.29 is 4.74 Å². The second kappa shape index (κ2) is 4.17. The van der Waals surface area contributed by atoms with E-state index in [9.17, 15) is 0 Å². The number of aliphatic imine (C=N–C) groups is 1. The van der Waals surface area contributed by atoms with Gasteiger partial charge in [0, 0.05) is 13.7 Å². The lowest BCUT2D eigenvalue weighted by Crippen LogP contribution is -2.57. The molecule has 1 unspecified atom stereocenters. The van der Waals surface area contributed by atoms with Gasteiger partial charge in [-0.25, -0.2) is 0 Å². The number of ether oxygens (including phenoxy) is 1. The van der Waals surface area contributed by atoms with Gasteiger partial charge in [-0.1, -0.05) is 13.8 Å². The van der Waals surface area contributed by atoms with Crippen LogP contribution in [-0.2, 0) is 4.74 Å². The van der Waals surface area contributed by atoms with Crippen LogP contribution in [0.5, 0.6) is 0 Å². The molecule has 0 spiro atoms. The first-order chi connectivity index (χ1) is 6.58. The summed E-state index contributed by atoms with van der Waals surface area (Å²) in [5, 5.41) is 0. The smallest absolute Gasteiger partial charge is 0.191 e. The fourth-order valence-corrected chi connectivity index (χ4v) is 2.13. The van der Waals surface area contributed by atoms with E-state index in [1.54, 1.807) is 7.11 Å². The first-order valence-corrected chi connectivity index (χ1v) is 5.15. The Kier molecular flexibility index (Phi) is 3.37. The molecule has 14 heavy (non-hydrogen) atoms. The van der Waals surface area contributed by atoms with E-state index in [-0.39, 0.29) is 5.54 Å². The van der Waals surface area contributed by atoms with Crippen LogP contribution in [0.1, 0.15) is 20.8 Å². The molecule has 4 heteroatoms. The summed E-state index contributed by atoms with van der Waals surface area (Å²) in [6.45, 7) is 8.80. The SMILES string of the molecule is CCN1C(N)=NCC1(COC)C(C)C. The normalized spacial score (nSPS) is 27.2. The second-order valence-corrected chi connectivity index (χ2v) is 4.11. The Labute approximate surface area is 86.1 Å². The van der Waals surface area contributed by atoms with E-state index in [0.717, 1.165) is 13.1 Å². The number of guanidine groups is 1. The lowest BCUT2D eigenvalue weighted by molar-refractivity contribution is 0.0365. The minimum absolute atomic E-state index is 0.0341. The van der Waals surface area contributed by atoms with Gasteiger partial charge in [0.2, 0.25) is 0 Å². The van der Waals surface area contributed by atoms with E-state index < -0.39 is 0 Å². The van der Waals surface area contributed by atoms with Crippen LogP contribution in [0.15, 0.2) is 4.99 Å². The van der Waals surface area contributed by atoms with Gasteiger partial charge in [0.25, 0.3) is 0 Å². The molecule has 0 aromatic rings. The largest absolute Gasteiger partial charge is 0.382 e. The molecule has 1 aliphatic heterocycles. The molecule has 0 aliphatic carbocycles. The van der Waals surface area contributed by atoms with Crippen LogP contribution in [0.4, 0.5) is 0 Å². The Hall–Kier alpha value is -0.770. The van der Waals surface area contributed by atoms with Crippen molar-refractivity contribution in [3.8, 4) is 0 Å². The molecule has 4 nitrogen and oxygen atoms in total. The molecule has 0 aromatic carbocycles. The molecule has 0 saturated heterocycles. The highest BCUT2D eigenvalue weighted by molar-refractivity contribution is 5.81. The Morgan fingerprint density at radius 1 is 1.64 bits per heavy atom. The molecular weight excluding hydrogens is 178 g/mol. The van der Waals surface area contributed by atoms with E-state index in [4.69, 9.17) is 10.5 Å². The van der Waals surface area contributed by atoms with Crippen molar-refractivity contribution in [1.82, 2.24) is 4.90 Å². The lowest BCUT2D eigenvalue weighted by atomic mass is 9.86. The molecular formula is C10H21N3O. The van der Waals surface area contributed by atoms with Crippen LogP contribution < -0.4 is 5.73 Å². The van der Waals surface area contributed by atoms with Gasteiger partial charge in [-0.2, -0.15) is 0 Å². The minimum Gasteiger partial charge on any atom is -0.382 e. The van der Waals surface area contributed by atoms with Crippen molar-refractivity contribution in [2.24, 2.45) is 16.6 Å². The fourth-order valence-electron chi connectivity index (χ4n) is 2.13. The summed E-state index contributed by atoms with van der Waals surface area (Å²) in [6, 6.07) is 0. The second-order valence-electron chi connectivity index (χ2n) is 4.11. The summed E-state index contributed by atoms with van der Waals surface area (Å²) in [4.78, 5) is 6.48. The molecule has 2 N–H and O–H groups in total. The van der Waals surface area contributed by atoms with Crippen LogP contribution in [-0.4, -0.2) is 43.2 Å². The summed E-state index contributed by atoms with van der Waals surface area (Å²) in [6.07, 6.45) is 0. The number of methoxy groups -OCH3 is 1. The average molecular weight is 199 g/mol. The number of hydrogen-bond donors (Lipinski definition) is 1. The standard InChI is InChI=1S/C10H21N3O/c1-5-13-9(11)12-6-10(13,7-14-4)8(2)3/h8H,5-7H2,1-4H3,(H2,11,12). The first kappa shape index (κ1) is 11.3. The maximum atomic E-state index is 5.85. The summed E-state index contributed by atoms with van der Waals surface area (Å²) < 4.78 is 5.30. The van der Waals surface area contributed by atoms with Gasteiger partial charge in [-0.3, -0.25) is 4.99 Å². The summed E-state index contributed by atoms with van der Waals surface area (Å²) in [7, 11) is 1.73. The minimum atomic E-state index is -0.0341. The fraction of sp³-hybridized carbons (Fsp3) is 0.900. The lowest BCUT2D eigenvalue weighted by Gasteiger charge is -2.41. The molecule has 0 aromatic heterocycles. The maximum absolute atomic E-state index is 5.85. The summed E-state index contributed by atoms with van der Waals surface area (Å²) >= 11 is 0. The molecule has 1 atom stereocenters. The number of hydrogen-bond acceptors (Lipinski definition) is 4. The van der Waals surface area contributed by atoms with Gasteiger partial charge in [0.15, 0.2) is 5.96 Å². The number of rotatable bonds is 4. The van der Waals surface area contributed by atoms with Crippen molar-refractivity contribution >= 4 is 5.96 Å². The molecule has 1 rings (SSSR count). The molecule has 0 fully saturated rings. The highest BCUT2D eigenvalue weighted by Crippen LogP contribution is 2.29. The highest BCUT2D eigenvalue weighted by Gasteiger charge is 2.44. The zero-order chi connectivity index (χ0) is 10.8. The third-order valence-electron chi connectivity index (χ3n) is 3.11. The molecule has 1 aliphatic rings. The van der Waals surface area contributed by atoms with Crippen LogP contribution >= 0.6 is 0 Å². The Bertz CT molecular complexity index is 227. The molecule has 0 radical (unpaired) electrons. The third-order valence-corrected chi connectivity index (χ3v) is 3.11. The van der Waals surface area contributed by atoms with Crippen LogP contribution in [0.2, 0.25) is 0 Å². The van der Waals surface area contributed by atoms with Gasteiger partial charge < -0.3 is 15.4 Å². The van der Waals surface area contributed by atoms with Crippen LogP contribution in [0.25, 0.3) is 0 Å². The maximum Gasteiger partial charge on any atom is 0.191 e. The van der Waals surface area contributed by atoms with E-state index >= 15 is 0 Å². The van der Waals surface area contributed by atoms with Gasteiger partial charge >= 0.3 is 0 Å². The van der Waals surface area contributed by atoms with Gasteiger partial charge in [0.1, 0.15) is 0 Å². The molecule has 0 bridgehead atoms. The van der Waals surface area contributed by atoms with E-state index in [0.29, 0.717) is 18.5 Å². The van der Waals surface area contributed by atoms with E-state index in [2.05, 4.69) is 30.7 Å². The predicted molar refractivity (Wildman–Crippen MR) is 58.3 cm³/mol. The average Bonchev–Trinajstić information content (AvgIpc) is 2.45. The summed E-state index contributed by atoms with van der Waals surface area (Å²) in [5.41, 5.74) is 5.82. The molecule has 82 valence electrons. The van der Waals surface area contributed by atoms with E-state index in [1.807, 2.05) is 0 Å². The molecule has 0 saturated carbocycles. The Morgan fingerprint density at radius 3 is 2.71 bits per heavy atom. The predicted octanol–water partition coefficient (Wildman–Crippen LogP) is 0.678. The number of nitrogens with two attached hydrogens (primary N) is 1. The van der Waals surface area contributed by atoms with Crippen LogP contribution in [0, 0.1) is 5.92 Å². The number of nitrogens with zero attached hydrogens (tertiary/aromatic N) is 2. The van der Waals surface area contributed by atoms with Gasteiger partial charge in [-0.05, 0) is 12.8 Å². The monoisotopic (exact) mass is 199 g/mol.